The quantitative estimate of drug-likeness (QED) is 0.174. The van der Waals surface area contributed by atoms with E-state index in [1.165, 1.54) is 21.6 Å². The fourth-order valence-electron chi connectivity index (χ4n) is 9.57. The molecular formula is C61H84N8O9. The Morgan fingerprint density at radius 3 is 1.37 bits per heavy atom. The molecule has 0 unspecified atom stereocenters. The molecular weight excluding hydrogens is 989 g/mol. The summed E-state index contributed by atoms with van der Waals surface area (Å²) in [4.78, 5) is 99.3. The highest BCUT2D eigenvalue weighted by Gasteiger charge is 2.36. The van der Waals surface area contributed by atoms with E-state index >= 15 is 0 Å². The summed E-state index contributed by atoms with van der Waals surface area (Å²) < 4.78 is 12.2. The fourth-order valence-corrected chi connectivity index (χ4v) is 9.57. The van der Waals surface area contributed by atoms with Crippen molar-refractivity contribution in [2.75, 3.05) is 60.5 Å². The molecule has 0 spiro atoms. The van der Waals surface area contributed by atoms with Gasteiger partial charge >= 0.3 is 0 Å². The van der Waals surface area contributed by atoms with Crippen LogP contribution in [0.5, 0.6) is 11.5 Å². The number of rotatable bonds is 8. The lowest BCUT2D eigenvalue weighted by Crippen LogP contribution is -2.57. The van der Waals surface area contributed by atoms with Gasteiger partial charge in [-0.2, -0.15) is 0 Å². The minimum absolute atomic E-state index is 0.123. The zero-order valence-corrected chi connectivity index (χ0v) is 47.1. The third-order valence-corrected chi connectivity index (χ3v) is 14.5. The number of nitrogens with zero attached hydrogens (tertiary/aromatic N) is 4. The van der Waals surface area contributed by atoms with E-state index in [-0.39, 0.29) is 54.6 Å². The molecule has 0 radical (unpaired) electrons. The lowest BCUT2D eigenvalue weighted by molar-refractivity contribution is -0.148. The molecule has 4 aromatic rings. The van der Waals surface area contributed by atoms with Crippen LogP contribution in [0.25, 0.3) is 0 Å². The van der Waals surface area contributed by atoms with E-state index in [9.17, 15) is 33.6 Å². The van der Waals surface area contributed by atoms with Gasteiger partial charge in [0, 0.05) is 53.5 Å². The zero-order valence-electron chi connectivity index (χ0n) is 47.1. The number of hydrogen-bond acceptors (Lipinski definition) is 10. The zero-order chi connectivity index (χ0) is 56.6. The first-order valence-electron chi connectivity index (χ1n) is 27.7. The summed E-state index contributed by atoms with van der Waals surface area (Å²) in [5.41, 5.74) is 3.93. The van der Waals surface area contributed by atoms with Crippen LogP contribution in [-0.4, -0.2) is 158 Å². The van der Waals surface area contributed by atoms with Gasteiger partial charge in [0.1, 0.15) is 54.9 Å². The Balaban J connectivity index is 0.000000288. The summed E-state index contributed by atoms with van der Waals surface area (Å²) in [5.74, 6) is -0.448. The molecule has 2 aliphatic heterocycles. The molecule has 6 rings (SSSR count). The van der Waals surface area contributed by atoms with Gasteiger partial charge in [0.15, 0.2) is 0 Å². The van der Waals surface area contributed by atoms with E-state index in [2.05, 4.69) is 21.3 Å². The number of carbonyl (C=O) groups is 7. The van der Waals surface area contributed by atoms with Crippen LogP contribution in [0.2, 0.25) is 0 Å². The van der Waals surface area contributed by atoms with E-state index in [1.54, 1.807) is 27.9 Å². The second-order valence-corrected chi connectivity index (χ2v) is 20.3. The molecule has 17 heteroatoms. The number of fused-ring (bicyclic) bond motifs is 2. The van der Waals surface area contributed by atoms with Crippen LogP contribution in [0.3, 0.4) is 0 Å². The SMILES string of the molecule is CCC[C@H]1C(=O)N(C)[C@H](C)C(=O)N[C@H](Cc2ccccc2)C(=O)NCCCc2ccccc2OCCN1C.CCC[C@H]1C(=O)N(C)[C@H](C)C(=O)N[C@H](Cc2ccccc2)C(=O)NCCCc2ccccc2OCCN1C(C)=O. The van der Waals surface area contributed by atoms with E-state index in [4.69, 9.17) is 9.47 Å². The van der Waals surface area contributed by atoms with Crippen LogP contribution < -0.4 is 30.7 Å². The van der Waals surface area contributed by atoms with E-state index in [0.717, 1.165) is 53.0 Å². The predicted molar refractivity (Wildman–Crippen MR) is 303 cm³/mol. The molecule has 0 saturated carbocycles. The van der Waals surface area contributed by atoms with Crippen molar-refractivity contribution in [3.05, 3.63) is 131 Å². The largest absolute Gasteiger partial charge is 0.492 e. The first-order valence-corrected chi connectivity index (χ1v) is 27.7. The Hall–Kier alpha value is -7.27. The molecule has 7 amide bonds. The van der Waals surface area contributed by atoms with Gasteiger partial charge in [0.05, 0.1) is 12.6 Å². The van der Waals surface area contributed by atoms with Crippen molar-refractivity contribution in [2.24, 2.45) is 0 Å². The summed E-state index contributed by atoms with van der Waals surface area (Å²) >= 11 is 0. The maximum Gasteiger partial charge on any atom is 0.245 e. The molecule has 4 N–H and O–H groups in total. The molecule has 0 saturated heterocycles. The maximum absolute atomic E-state index is 13.7. The van der Waals surface area contributed by atoms with Crippen molar-refractivity contribution in [2.45, 2.75) is 135 Å². The number of ether oxygens (including phenoxy) is 2. The minimum Gasteiger partial charge on any atom is -0.492 e. The van der Waals surface area contributed by atoms with Crippen molar-refractivity contribution in [1.29, 1.82) is 0 Å². The van der Waals surface area contributed by atoms with Crippen LogP contribution in [0.4, 0.5) is 0 Å². The van der Waals surface area contributed by atoms with Crippen molar-refractivity contribution in [3.8, 4) is 11.5 Å². The summed E-state index contributed by atoms with van der Waals surface area (Å²) in [6.45, 7) is 11.2. The van der Waals surface area contributed by atoms with E-state index in [0.29, 0.717) is 71.2 Å². The van der Waals surface area contributed by atoms with Crippen LogP contribution in [-0.2, 0) is 59.2 Å². The number of benzene rings is 4. The van der Waals surface area contributed by atoms with Crippen LogP contribution in [0.1, 0.15) is 95.4 Å². The number of hydrogen-bond donors (Lipinski definition) is 4. The average Bonchev–Trinajstić information content (AvgIpc) is 3.44. The second-order valence-electron chi connectivity index (χ2n) is 20.3. The monoisotopic (exact) mass is 1070 g/mol. The predicted octanol–water partition coefficient (Wildman–Crippen LogP) is 5.52. The van der Waals surface area contributed by atoms with Gasteiger partial charge in [-0.25, -0.2) is 0 Å². The summed E-state index contributed by atoms with van der Waals surface area (Å²) in [7, 11) is 5.13. The Kier molecular flexibility index (Phi) is 25.1. The van der Waals surface area contributed by atoms with Gasteiger partial charge in [-0.15, -0.1) is 0 Å². The van der Waals surface area contributed by atoms with Crippen LogP contribution >= 0.6 is 0 Å². The number of nitrogens with one attached hydrogen (secondary N) is 4. The number of aryl methyl sites for hydroxylation is 2. The number of carbonyl (C=O) groups excluding carboxylic acids is 7. The molecule has 2 aliphatic rings. The van der Waals surface area contributed by atoms with Gasteiger partial charge < -0.3 is 45.4 Å². The Labute approximate surface area is 462 Å². The fraction of sp³-hybridized carbons (Fsp3) is 0.492. The van der Waals surface area contributed by atoms with Crippen molar-refractivity contribution < 1.29 is 43.0 Å². The molecule has 0 aromatic heterocycles. The molecule has 2 heterocycles. The van der Waals surface area contributed by atoms with Gasteiger partial charge in [-0.3, -0.25) is 38.5 Å². The number of likely N-dealkylation sites (N-methyl/N-ethyl adjacent to an activating group) is 3. The van der Waals surface area contributed by atoms with Crippen LogP contribution in [0.15, 0.2) is 109 Å². The van der Waals surface area contributed by atoms with E-state index in [1.807, 2.05) is 135 Å². The molecule has 6 atom stereocenters. The highest BCUT2D eigenvalue weighted by molar-refractivity contribution is 5.94. The summed E-state index contributed by atoms with van der Waals surface area (Å²) in [6.07, 6.45) is 6.17. The normalized spacial score (nSPS) is 22.3. The van der Waals surface area contributed by atoms with Crippen molar-refractivity contribution in [3.63, 3.8) is 0 Å². The Bertz CT molecular complexity index is 2570. The molecule has 0 fully saturated rings. The smallest absolute Gasteiger partial charge is 0.245 e. The summed E-state index contributed by atoms with van der Waals surface area (Å²) in [6, 6.07) is 30.5. The van der Waals surface area contributed by atoms with E-state index < -0.39 is 36.1 Å². The first-order chi connectivity index (χ1) is 37.5. The average molecular weight is 1070 g/mol. The molecule has 422 valence electrons. The third kappa shape index (κ3) is 18.4. The second kappa shape index (κ2) is 31.8. The van der Waals surface area contributed by atoms with Crippen molar-refractivity contribution >= 4 is 41.4 Å². The number of para-hydroxylation sites is 2. The number of amides is 7. The van der Waals surface area contributed by atoms with Gasteiger partial charge in [0.25, 0.3) is 0 Å². The Morgan fingerprint density at radius 2 is 0.936 bits per heavy atom. The molecule has 78 heavy (non-hydrogen) atoms. The molecule has 0 aliphatic carbocycles. The van der Waals surface area contributed by atoms with Crippen molar-refractivity contribution in [1.82, 2.24) is 40.9 Å². The minimum atomic E-state index is -0.853. The van der Waals surface area contributed by atoms with Crippen LogP contribution in [0, 0.1) is 0 Å². The maximum atomic E-state index is 13.7. The highest BCUT2D eigenvalue weighted by Crippen LogP contribution is 2.22. The first kappa shape index (κ1) is 61.6. The lowest BCUT2D eigenvalue weighted by Gasteiger charge is -2.35. The third-order valence-electron chi connectivity index (χ3n) is 14.5. The summed E-state index contributed by atoms with van der Waals surface area (Å²) in [5, 5.41) is 11.7. The lowest BCUT2D eigenvalue weighted by atomic mass is 10.0. The standard InChI is InChI=1S/C31H42N4O5.C30H42N4O4/c1-5-12-27-31(39)34(4)22(2)29(37)33-26(21-24-13-7-6-8-14-24)30(38)32-18-11-16-25-15-9-10-17-28(25)40-20-19-35(27)23(3)36;1-5-12-26-30(37)34(4)22(2)28(35)32-25(21-23-13-7-6-8-14-23)29(36)31-18-11-16-24-15-9-10-17-27(24)38-20-19-33(26)3/h6-10,13-15,17,22,26-27H,5,11-12,16,18-21H2,1-4H3,(H,32,38)(H,33,37);6-10,13-15,17,22,25-26H,5,11-12,16,18-21H2,1-4H3,(H,31,36)(H,32,35)/t22-,26-,27+;22-,25-,26+/m11/s1. The highest BCUT2D eigenvalue weighted by atomic mass is 16.5. The topological polar surface area (TPSA) is 199 Å². The molecule has 17 nitrogen and oxygen atoms in total. The van der Waals surface area contributed by atoms with Gasteiger partial charge in [-0.1, -0.05) is 124 Å². The molecule has 0 bridgehead atoms. The Morgan fingerprint density at radius 1 is 0.538 bits per heavy atom. The van der Waals surface area contributed by atoms with Gasteiger partial charge in [-0.05, 0) is 93.8 Å². The molecule has 4 aromatic carbocycles. The van der Waals surface area contributed by atoms with Gasteiger partial charge in [0.2, 0.25) is 41.4 Å².